The van der Waals surface area contributed by atoms with E-state index >= 15 is 0 Å². The van der Waals surface area contributed by atoms with Gasteiger partial charge in [-0.05, 0) is 83.8 Å². The van der Waals surface area contributed by atoms with Crippen molar-refractivity contribution in [2.45, 2.75) is 32.6 Å². The highest BCUT2D eigenvalue weighted by molar-refractivity contribution is 9.10. The molecule has 0 fully saturated rings. The van der Waals surface area contributed by atoms with Gasteiger partial charge in [-0.25, -0.2) is 9.78 Å². The molecular weight excluding hydrogens is 382 g/mol. The molecule has 1 unspecified atom stereocenters. The third-order valence-electron chi connectivity index (χ3n) is 4.62. The molecule has 4 nitrogen and oxygen atoms in total. The van der Waals surface area contributed by atoms with E-state index in [0.29, 0.717) is 22.7 Å². The second-order valence-corrected chi connectivity index (χ2v) is 7.07. The molecule has 0 spiro atoms. The Morgan fingerprint density at radius 3 is 2.76 bits per heavy atom. The first-order chi connectivity index (χ1) is 12.1. The molecule has 1 aromatic heterocycles. The summed E-state index contributed by atoms with van der Waals surface area (Å²) in [7, 11) is 1.68. The number of methoxy groups -OCH3 is 1. The Labute approximate surface area is 156 Å². The molecule has 0 N–H and O–H groups in total. The third-order valence-corrected chi connectivity index (χ3v) is 5.23. The van der Waals surface area contributed by atoms with Crippen molar-refractivity contribution >= 4 is 21.9 Å². The van der Waals surface area contributed by atoms with Crippen LogP contribution >= 0.6 is 15.9 Å². The predicted octanol–water partition coefficient (Wildman–Crippen LogP) is 4.38. The van der Waals surface area contributed by atoms with Crippen LogP contribution in [0.1, 0.15) is 40.5 Å². The van der Waals surface area contributed by atoms with E-state index in [1.807, 2.05) is 25.1 Å². The fraction of sp³-hybridized carbons (Fsp3) is 0.400. The summed E-state index contributed by atoms with van der Waals surface area (Å²) >= 11 is 3.40. The summed E-state index contributed by atoms with van der Waals surface area (Å²) in [6.07, 6.45) is 4.01. The molecule has 0 bridgehead atoms. The van der Waals surface area contributed by atoms with Crippen LogP contribution in [-0.4, -0.2) is 24.7 Å². The highest BCUT2D eigenvalue weighted by Gasteiger charge is 2.23. The smallest absolute Gasteiger partial charge is 0.340 e. The van der Waals surface area contributed by atoms with Gasteiger partial charge in [-0.2, -0.15) is 0 Å². The molecule has 1 aliphatic rings. The van der Waals surface area contributed by atoms with Crippen molar-refractivity contribution in [3.8, 4) is 5.75 Å². The first kappa shape index (κ1) is 17.9. The molecule has 25 heavy (non-hydrogen) atoms. The molecule has 2 aromatic rings. The van der Waals surface area contributed by atoms with Crippen LogP contribution in [0.4, 0.5) is 0 Å². The van der Waals surface area contributed by atoms with Crippen molar-refractivity contribution in [1.29, 1.82) is 0 Å². The van der Waals surface area contributed by atoms with E-state index in [2.05, 4.69) is 33.0 Å². The molecule has 0 radical (unpaired) electrons. The predicted molar refractivity (Wildman–Crippen MR) is 100 cm³/mol. The van der Waals surface area contributed by atoms with E-state index in [-0.39, 0.29) is 5.97 Å². The van der Waals surface area contributed by atoms with E-state index in [1.54, 1.807) is 7.11 Å². The lowest BCUT2D eigenvalue weighted by molar-refractivity contribution is 0.0524. The van der Waals surface area contributed by atoms with E-state index in [9.17, 15) is 4.79 Å². The Balaban J connectivity index is 1.75. The second kappa shape index (κ2) is 8.00. The normalized spacial score (nSPS) is 16.2. The summed E-state index contributed by atoms with van der Waals surface area (Å²) in [6, 6.07) is 10.2. The number of hydrogen-bond donors (Lipinski definition) is 0. The minimum absolute atomic E-state index is 0.318. The van der Waals surface area contributed by atoms with Gasteiger partial charge in [0.25, 0.3) is 0 Å². The number of pyridine rings is 1. The number of carbonyl (C=O) groups excluding carboxylic acids is 1. The lowest BCUT2D eigenvalue weighted by atomic mass is 9.82. The number of halogens is 1. The number of rotatable bonds is 5. The number of benzene rings is 1. The molecule has 132 valence electrons. The maximum atomic E-state index is 12.1. The van der Waals surface area contributed by atoms with Crippen LogP contribution in [0.25, 0.3) is 0 Å². The number of aryl methyl sites for hydroxylation is 1. The standard InChI is InChI=1S/C20H22BrNO3/c1-3-25-20(23)17-12-15-11-14(6-9-18(15)22-19(17)21)10-13-4-7-16(24-2)8-5-13/h4-5,7-8,12,14H,3,6,9-11H2,1-2H3. The Morgan fingerprint density at radius 2 is 2.08 bits per heavy atom. The van der Waals surface area contributed by atoms with Crippen LogP contribution in [-0.2, 0) is 24.0 Å². The van der Waals surface area contributed by atoms with Gasteiger partial charge in [-0.1, -0.05) is 12.1 Å². The summed E-state index contributed by atoms with van der Waals surface area (Å²) in [5, 5.41) is 0. The zero-order chi connectivity index (χ0) is 17.8. The fourth-order valence-corrected chi connectivity index (χ4v) is 3.83. The number of carbonyl (C=O) groups is 1. The molecule has 1 atom stereocenters. The molecule has 1 heterocycles. The molecule has 0 aliphatic heterocycles. The van der Waals surface area contributed by atoms with Crippen molar-refractivity contribution in [2.24, 2.45) is 5.92 Å². The van der Waals surface area contributed by atoms with E-state index in [0.717, 1.165) is 42.7 Å². The fourth-order valence-electron chi connectivity index (χ4n) is 3.34. The molecule has 1 aliphatic carbocycles. The van der Waals surface area contributed by atoms with Crippen LogP contribution in [0, 0.1) is 5.92 Å². The average molecular weight is 404 g/mol. The average Bonchev–Trinajstić information content (AvgIpc) is 2.62. The quantitative estimate of drug-likeness (QED) is 0.548. The first-order valence-corrected chi connectivity index (χ1v) is 9.38. The second-order valence-electron chi connectivity index (χ2n) is 6.31. The van der Waals surface area contributed by atoms with Gasteiger partial charge in [-0.3, -0.25) is 0 Å². The van der Waals surface area contributed by atoms with Crippen LogP contribution in [0.2, 0.25) is 0 Å². The lowest BCUT2D eigenvalue weighted by Gasteiger charge is -2.25. The van der Waals surface area contributed by atoms with Crippen LogP contribution in [0.15, 0.2) is 34.9 Å². The third kappa shape index (κ3) is 4.21. The van der Waals surface area contributed by atoms with E-state index < -0.39 is 0 Å². The minimum atomic E-state index is -0.318. The summed E-state index contributed by atoms with van der Waals surface area (Å²) in [5.74, 6) is 1.12. The Morgan fingerprint density at radius 1 is 1.32 bits per heavy atom. The first-order valence-electron chi connectivity index (χ1n) is 8.59. The van der Waals surface area contributed by atoms with E-state index in [4.69, 9.17) is 9.47 Å². The van der Waals surface area contributed by atoms with Gasteiger partial charge in [0.05, 0.1) is 19.3 Å². The number of ether oxygens (including phenoxy) is 2. The van der Waals surface area contributed by atoms with Crippen molar-refractivity contribution in [3.05, 3.63) is 57.3 Å². The molecule has 5 heteroatoms. The highest BCUT2D eigenvalue weighted by Crippen LogP contribution is 2.30. The van der Waals surface area contributed by atoms with E-state index in [1.165, 1.54) is 5.56 Å². The molecular formula is C20H22BrNO3. The zero-order valence-corrected chi connectivity index (χ0v) is 16.1. The van der Waals surface area contributed by atoms with Gasteiger partial charge in [-0.15, -0.1) is 0 Å². The van der Waals surface area contributed by atoms with Crippen molar-refractivity contribution in [2.75, 3.05) is 13.7 Å². The number of hydrogen-bond acceptors (Lipinski definition) is 4. The maximum absolute atomic E-state index is 12.1. The molecule has 3 rings (SSSR count). The number of esters is 1. The van der Waals surface area contributed by atoms with Gasteiger partial charge in [0.15, 0.2) is 0 Å². The Kier molecular flexibility index (Phi) is 5.74. The largest absolute Gasteiger partial charge is 0.497 e. The molecule has 1 aromatic carbocycles. The van der Waals surface area contributed by atoms with Crippen LogP contribution in [0.3, 0.4) is 0 Å². The van der Waals surface area contributed by atoms with Gasteiger partial charge in [0.2, 0.25) is 0 Å². The Bertz CT molecular complexity index is 758. The highest BCUT2D eigenvalue weighted by atomic mass is 79.9. The maximum Gasteiger partial charge on any atom is 0.340 e. The van der Waals surface area contributed by atoms with Crippen molar-refractivity contribution in [3.63, 3.8) is 0 Å². The van der Waals surface area contributed by atoms with Gasteiger partial charge in [0, 0.05) is 5.69 Å². The number of aromatic nitrogens is 1. The number of fused-ring (bicyclic) bond motifs is 1. The minimum Gasteiger partial charge on any atom is -0.497 e. The molecule has 0 saturated heterocycles. The van der Waals surface area contributed by atoms with Gasteiger partial charge >= 0.3 is 5.97 Å². The van der Waals surface area contributed by atoms with Gasteiger partial charge in [0.1, 0.15) is 10.4 Å². The summed E-state index contributed by atoms with van der Waals surface area (Å²) in [5.41, 5.74) is 4.08. The summed E-state index contributed by atoms with van der Waals surface area (Å²) < 4.78 is 10.9. The summed E-state index contributed by atoms with van der Waals surface area (Å²) in [6.45, 7) is 2.17. The molecule has 0 saturated carbocycles. The monoisotopic (exact) mass is 403 g/mol. The van der Waals surface area contributed by atoms with Gasteiger partial charge < -0.3 is 9.47 Å². The lowest BCUT2D eigenvalue weighted by Crippen LogP contribution is -2.19. The molecule has 0 amide bonds. The zero-order valence-electron chi connectivity index (χ0n) is 14.5. The SMILES string of the molecule is CCOC(=O)c1cc2c(nc1Br)CCC(Cc1ccc(OC)cc1)C2. The number of nitrogens with zero attached hydrogens (tertiary/aromatic N) is 1. The van der Waals surface area contributed by atoms with Crippen LogP contribution in [0.5, 0.6) is 5.75 Å². The van der Waals surface area contributed by atoms with Crippen molar-refractivity contribution < 1.29 is 14.3 Å². The Hall–Kier alpha value is -1.88. The summed E-state index contributed by atoms with van der Waals surface area (Å²) in [4.78, 5) is 16.7. The van der Waals surface area contributed by atoms with Crippen molar-refractivity contribution in [1.82, 2.24) is 4.98 Å². The van der Waals surface area contributed by atoms with Crippen LogP contribution < -0.4 is 4.74 Å². The topological polar surface area (TPSA) is 48.4 Å².